The zero-order chi connectivity index (χ0) is 15.6. The number of halogens is 1. The Morgan fingerprint density at radius 1 is 1.05 bits per heavy atom. The van der Waals surface area contributed by atoms with E-state index in [-0.39, 0.29) is 5.91 Å². The number of hydrogen-bond donors (Lipinski definition) is 2. The SMILES string of the molecule is Cc1cc(NC(=O)c2cccc(C(N)=O)c2)cc(C)c1Br. The summed E-state index contributed by atoms with van der Waals surface area (Å²) >= 11 is 3.49. The van der Waals surface area contributed by atoms with Crippen LogP contribution in [0.25, 0.3) is 0 Å². The summed E-state index contributed by atoms with van der Waals surface area (Å²) in [6.45, 7) is 3.92. The number of rotatable bonds is 3. The van der Waals surface area contributed by atoms with Crippen molar-refractivity contribution < 1.29 is 9.59 Å². The first-order valence-electron chi connectivity index (χ1n) is 6.36. The summed E-state index contributed by atoms with van der Waals surface area (Å²) in [7, 11) is 0. The van der Waals surface area contributed by atoms with Crippen LogP contribution in [-0.4, -0.2) is 11.8 Å². The molecule has 0 aliphatic heterocycles. The van der Waals surface area contributed by atoms with E-state index >= 15 is 0 Å². The van der Waals surface area contributed by atoms with E-state index in [0.717, 1.165) is 15.6 Å². The number of amides is 2. The summed E-state index contributed by atoms with van der Waals surface area (Å²) in [6, 6.07) is 10.1. The molecule has 0 bridgehead atoms. The second kappa shape index (κ2) is 6.10. The molecule has 4 nitrogen and oxygen atoms in total. The molecular weight excluding hydrogens is 332 g/mol. The van der Waals surface area contributed by atoms with Crippen molar-refractivity contribution >= 4 is 33.4 Å². The Balaban J connectivity index is 2.26. The minimum absolute atomic E-state index is 0.278. The van der Waals surface area contributed by atoms with E-state index in [9.17, 15) is 9.59 Å². The van der Waals surface area contributed by atoms with Gasteiger partial charge in [0.05, 0.1) is 0 Å². The number of nitrogens with two attached hydrogens (primary N) is 1. The number of primary amides is 1. The zero-order valence-corrected chi connectivity index (χ0v) is 13.3. The Hall–Kier alpha value is -2.14. The molecule has 0 spiro atoms. The van der Waals surface area contributed by atoms with Crippen molar-refractivity contribution in [3.05, 3.63) is 63.1 Å². The number of anilines is 1. The quantitative estimate of drug-likeness (QED) is 0.893. The molecule has 0 aliphatic rings. The van der Waals surface area contributed by atoms with Gasteiger partial charge in [0.1, 0.15) is 0 Å². The lowest BCUT2D eigenvalue weighted by Crippen LogP contribution is -2.15. The fraction of sp³-hybridized carbons (Fsp3) is 0.125. The lowest BCUT2D eigenvalue weighted by atomic mass is 10.1. The highest BCUT2D eigenvalue weighted by Gasteiger charge is 2.10. The van der Waals surface area contributed by atoms with Crippen LogP contribution in [0.5, 0.6) is 0 Å². The van der Waals surface area contributed by atoms with Crippen LogP contribution in [0.1, 0.15) is 31.8 Å². The first-order valence-corrected chi connectivity index (χ1v) is 7.15. The monoisotopic (exact) mass is 346 g/mol. The van der Waals surface area contributed by atoms with Crippen LogP contribution in [0.4, 0.5) is 5.69 Å². The zero-order valence-electron chi connectivity index (χ0n) is 11.7. The Morgan fingerprint density at radius 3 is 2.19 bits per heavy atom. The number of aryl methyl sites for hydroxylation is 2. The van der Waals surface area contributed by atoms with E-state index < -0.39 is 5.91 Å². The van der Waals surface area contributed by atoms with E-state index in [1.807, 2.05) is 26.0 Å². The number of benzene rings is 2. The van der Waals surface area contributed by atoms with Crippen molar-refractivity contribution in [3.63, 3.8) is 0 Å². The lowest BCUT2D eigenvalue weighted by molar-refractivity contribution is 0.1000. The fourth-order valence-corrected chi connectivity index (χ4v) is 2.26. The Kier molecular flexibility index (Phi) is 4.43. The van der Waals surface area contributed by atoms with E-state index in [4.69, 9.17) is 5.73 Å². The highest BCUT2D eigenvalue weighted by Crippen LogP contribution is 2.25. The summed E-state index contributed by atoms with van der Waals surface area (Å²) in [5.41, 5.74) is 8.71. The van der Waals surface area contributed by atoms with Crippen molar-refractivity contribution in [1.29, 1.82) is 0 Å². The highest BCUT2D eigenvalue weighted by molar-refractivity contribution is 9.10. The predicted octanol–water partition coefficient (Wildman–Crippen LogP) is 3.42. The van der Waals surface area contributed by atoms with Crippen LogP contribution in [0.3, 0.4) is 0 Å². The van der Waals surface area contributed by atoms with E-state index in [1.165, 1.54) is 6.07 Å². The molecule has 0 saturated heterocycles. The third-order valence-electron chi connectivity index (χ3n) is 3.10. The van der Waals surface area contributed by atoms with E-state index in [1.54, 1.807) is 18.2 Å². The third kappa shape index (κ3) is 3.49. The van der Waals surface area contributed by atoms with Gasteiger partial charge in [0.25, 0.3) is 5.91 Å². The second-order valence-corrected chi connectivity index (χ2v) is 5.62. The minimum atomic E-state index is -0.556. The number of carbonyl (C=O) groups excluding carboxylic acids is 2. The van der Waals surface area contributed by atoms with Gasteiger partial charge in [-0.3, -0.25) is 9.59 Å². The van der Waals surface area contributed by atoms with Gasteiger partial charge in [-0.1, -0.05) is 22.0 Å². The van der Waals surface area contributed by atoms with Crippen molar-refractivity contribution in [3.8, 4) is 0 Å². The van der Waals surface area contributed by atoms with E-state index in [2.05, 4.69) is 21.2 Å². The maximum atomic E-state index is 12.2. The summed E-state index contributed by atoms with van der Waals surface area (Å²) in [5, 5.41) is 2.82. The number of carbonyl (C=O) groups is 2. The predicted molar refractivity (Wildman–Crippen MR) is 86.5 cm³/mol. The topological polar surface area (TPSA) is 72.2 Å². The van der Waals surface area contributed by atoms with Crippen LogP contribution in [0.15, 0.2) is 40.9 Å². The molecule has 0 aromatic heterocycles. The van der Waals surface area contributed by atoms with Gasteiger partial charge in [-0.2, -0.15) is 0 Å². The van der Waals surface area contributed by atoms with Crippen molar-refractivity contribution in [2.45, 2.75) is 13.8 Å². The Bertz CT molecular complexity index is 703. The normalized spacial score (nSPS) is 10.2. The van der Waals surface area contributed by atoms with Gasteiger partial charge < -0.3 is 11.1 Å². The number of nitrogens with one attached hydrogen (secondary N) is 1. The molecule has 0 aliphatic carbocycles. The standard InChI is InChI=1S/C16H15BrN2O2/c1-9-6-13(7-10(2)14(9)17)19-16(21)12-5-3-4-11(8-12)15(18)20/h3-8H,1-2H3,(H2,18,20)(H,19,21). The third-order valence-corrected chi connectivity index (χ3v) is 4.35. The molecule has 2 aromatic carbocycles. The first-order chi connectivity index (χ1) is 9.88. The average Bonchev–Trinajstić information content (AvgIpc) is 2.44. The van der Waals surface area contributed by atoms with Gasteiger partial charge in [-0.25, -0.2) is 0 Å². The molecule has 0 fully saturated rings. The van der Waals surface area contributed by atoms with E-state index in [0.29, 0.717) is 16.8 Å². The Morgan fingerprint density at radius 2 is 1.62 bits per heavy atom. The van der Waals surface area contributed by atoms with Gasteiger partial charge >= 0.3 is 0 Å². The van der Waals surface area contributed by atoms with Crippen molar-refractivity contribution in [2.24, 2.45) is 5.73 Å². The smallest absolute Gasteiger partial charge is 0.255 e. The molecule has 108 valence electrons. The average molecular weight is 347 g/mol. The Labute approximate surface area is 131 Å². The van der Waals surface area contributed by atoms with Crippen LogP contribution in [0.2, 0.25) is 0 Å². The van der Waals surface area contributed by atoms with Crippen molar-refractivity contribution in [2.75, 3.05) is 5.32 Å². The molecule has 0 unspecified atom stereocenters. The molecule has 0 heterocycles. The van der Waals surface area contributed by atoms with Crippen LogP contribution in [-0.2, 0) is 0 Å². The molecular formula is C16H15BrN2O2. The lowest BCUT2D eigenvalue weighted by Gasteiger charge is -2.10. The second-order valence-electron chi connectivity index (χ2n) is 4.82. The molecule has 2 rings (SSSR count). The minimum Gasteiger partial charge on any atom is -0.366 e. The molecule has 2 aromatic rings. The number of hydrogen-bond acceptors (Lipinski definition) is 2. The molecule has 3 N–H and O–H groups in total. The van der Waals surface area contributed by atoms with Crippen LogP contribution < -0.4 is 11.1 Å². The summed E-state index contributed by atoms with van der Waals surface area (Å²) in [4.78, 5) is 23.4. The molecule has 21 heavy (non-hydrogen) atoms. The molecule has 2 amide bonds. The summed E-state index contributed by atoms with van der Waals surface area (Å²) in [5.74, 6) is -0.834. The van der Waals surface area contributed by atoms with Crippen LogP contribution in [0, 0.1) is 13.8 Å². The first kappa shape index (κ1) is 15.3. The van der Waals surface area contributed by atoms with Gasteiger partial charge in [0.2, 0.25) is 5.91 Å². The fourth-order valence-electron chi connectivity index (χ4n) is 2.04. The molecule has 0 saturated carbocycles. The van der Waals surface area contributed by atoms with Gasteiger partial charge in [-0.15, -0.1) is 0 Å². The molecule has 5 heteroatoms. The van der Waals surface area contributed by atoms with Crippen LogP contribution >= 0.6 is 15.9 Å². The largest absolute Gasteiger partial charge is 0.366 e. The highest BCUT2D eigenvalue weighted by atomic mass is 79.9. The molecule has 0 atom stereocenters. The van der Waals surface area contributed by atoms with Gasteiger partial charge in [0.15, 0.2) is 0 Å². The molecule has 0 radical (unpaired) electrons. The maximum absolute atomic E-state index is 12.2. The summed E-state index contributed by atoms with van der Waals surface area (Å²) < 4.78 is 1.02. The van der Waals surface area contributed by atoms with Gasteiger partial charge in [0, 0.05) is 21.3 Å². The van der Waals surface area contributed by atoms with Crippen molar-refractivity contribution in [1.82, 2.24) is 0 Å². The van der Waals surface area contributed by atoms with Gasteiger partial charge in [-0.05, 0) is 55.3 Å². The summed E-state index contributed by atoms with van der Waals surface area (Å²) in [6.07, 6.45) is 0. The maximum Gasteiger partial charge on any atom is 0.255 e.